The molecule has 0 aliphatic carbocycles. The lowest BCUT2D eigenvalue weighted by Crippen LogP contribution is -2.61. The molecule has 4 rings (SSSR count). The number of hydrogen-bond acceptors (Lipinski definition) is 7. The molecule has 0 unspecified atom stereocenters. The highest BCUT2D eigenvalue weighted by Crippen LogP contribution is 2.51. The molecule has 35 heavy (non-hydrogen) atoms. The van der Waals surface area contributed by atoms with E-state index in [1.807, 2.05) is 19.9 Å². The standard InChI is InChI=1S/C26H34N2O7/c1-14(7-8-18(29)12-20(30)27-21-17(4)23(31)28(6)24(21)32)11-15(2)22-16(3)19-9-10-26(13-33-26)25(5,34-19)35-22/h7-11,15-17,19,21-22H,12-13H2,1-6H3,(H,27,30)/b8-7+,14-11+/t15-,16+,17+,19-,21+,22-,25-,26-/m1/s1. The van der Waals surface area contributed by atoms with Gasteiger partial charge in [-0.2, -0.15) is 0 Å². The van der Waals surface area contributed by atoms with E-state index in [2.05, 4.69) is 31.3 Å². The Bertz CT molecular complexity index is 1030. The van der Waals surface area contributed by atoms with Crippen molar-refractivity contribution in [1.29, 1.82) is 0 Å². The first kappa shape index (κ1) is 25.5. The summed E-state index contributed by atoms with van der Waals surface area (Å²) in [6.45, 7) is 10.1. The molecule has 9 nitrogen and oxygen atoms in total. The normalized spacial score (nSPS) is 39.4. The number of likely N-dealkylation sites (N-methyl/N-ethyl adjacent to an activating group) is 1. The zero-order chi connectivity index (χ0) is 25.7. The molecular formula is C26H34N2O7. The van der Waals surface area contributed by atoms with E-state index >= 15 is 0 Å². The number of ketones is 1. The smallest absolute Gasteiger partial charge is 0.252 e. The van der Waals surface area contributed by atoms with Crippen LogP contribution in [0.1, 0.15) is 41.0 Å². The largest absolute Gasteiger partial charge is 0.359 e. The fourth-order valence-electron chi connectivity index (χ4n) is 5.18. The molecule has 3 fully saturated rings. The minimum Gasteiger partial charge on any atom is -0.359 e. The molecule has 4 heterocycles. The maximum absolute atomic E-state index is 12.3. The van der Waals surface area contributed by atoms with E-state index in [9.17, 15) is 19.2 Å². The van der Waals surface area contributed by atoms with E-state index in [1.54, 1.807) is 13.0 Å². The third-order valence-corrected chi connectivity index (χ3v) is 7.58. The van der Waals surface area contributed by atoms with Crippen LogP contribution in [0.15, 0.2) is 36.0 Å². The van der Waals surface area contributed by atoms with Crippen LogP contribution in [0.25, 0.3) is 0 Å². The first-order chi connectivity index (χ1) is 16.4. The van der Waals surface area contributed by atoms with Crippen LogP contribution in [-0.4, -0.2) is 71.7 Å². The second kappa shape index (κ2) is 9.11. The maximum Gasteiger partial charge on any atom is 0.252 e. The number of allylic oxidation sites excluding steroid dienone is 3. The van der Waals surface area contributed by atoms with Crippen molar-refractivity contribution in [3.05, 3.63) is 36.0 Å². The highest BCUT2D eigenvalue weighted by molar-refractivity contribution is 6.09. The SMILES string of the molecule is CC(/C=C/C(=O)CC(=O)N[C@@H]1C(=O)N(C)C(=O)[C@H]1C)=C\[C@@H](C)[C@H]1O[C@@]2(C)O[C@H](C=C[C@@]23CO3)[C@@H]1C. The molecule has 9 heteroatoms. The summed E-state index contributed by atoms with van der Waals surface area (Å²) < 4.78 is 18.3. The molecule has 1 N–H and O–H groups in total. The van der Waals surface area contributed by atoms with Crippen molar-refractivity contribution in [3.63, 3.8) is 0 Å². The van der Waals surface area contributed by atoms with Crippen molar-refractivity contribution in [2.75, 3.05) is 13.7 Å². The molecule has 4 aliphatic rings. The minimum absolute atomic E-state index is 0.0467. The van der Waals surface area contributed by atoms with Crippen LogP contribution in [-0.2, 0) is 33.4 Å². The molecule has 3 saturated heterocycles. The lowest BCUT2D eigenvalue weighted by Gasteiger charge is -2.51. The summed E-state index contributed by atoms with van der Waals surface area (Å²) in [6.07, 6.45) is 8.65. The van der Waals surface area contributed by atoms with E-state index < -0.39 is 47.4 Å². The Kier molecular flexibility index (Phi) is 6.63. The van der Waals surface area contributed by atoms with Gasteiger partial charge in [0, 0.05) is 18.9 Å². The predicted octanol–water partition coefficient (Wildman–Crippen LogP) is 1.68. The number of ether oxygens (including phenoxy) is 3. The minimum atomic E-state index is -0.933. The number of nitrogens with one attached hydrogen (secondary N) is 1. The van der Waals surface area contributed by atoms with E-state index in [1.165, 1.54) is 13.1 Å². The summed E-state index contributed by atoms with van der Waals surface area (Å²) in [6, 6.07) is -0.933. The molecule has 3 amide bonds. The average Bonchev–Trinajstić information content (AvgIpc) is 3.57. The summed E-state index contributed by atoms with van der Waals surface area (Å²) in [5.41, 5.74) is 0.361. The van der Waals surface area contributed by atoms with Crippen LogP contribution in [0.2, 0.25) is 0 Å². The lowest BCUT2D eigenvalue weighted by molar-refractivity contribution is -0.346. The molecule has 0 aromatic rings. The average molecular weight is 487 g/mol. The maximum atomic E-state index is 12.3. The van der Waals surface area contributed by atoms with Crippen LogP contribution in [0, 0.1) is 17.8 Å². The van der Waals surface area contributed by atoms with Crippen LogP contribution in [0.4, 0.5) is 0 Å². The van der Waals surface area contributed by atoms with Crippen LogP contribution >= 0.6 is 0 Å². The van der Waals surface area contributed by atoms with Crippen molar-refractivity contribution < 1.29 is 33.4 Å². The van der Waals surface area contributed by atoms with Crippen molar-refractivity contribution >= 4 is 23.5 Å². The van der Waals surface area contributed by atoms with Crippen LogP contribution in [0.5, 0.6) is 0 Å². The van der Waals surface area contributed by atoms with Crippen molar-refractivity contribution in [1.82, 2.24) is 10.2 Å². The Hall–Kier alpha value is -2.62. The molecule has 0 aromatic heterocycles. The topological polar surface area (TPSA) is 115 Å². The third kappa shape index (κ3) is 4.64. The van der Waals surface area contributed by atoms with Gasteiger partial charge >= 0.3 is 0 Å². The van der Waals surface area contributed by atoms with Gasteiger partial charge in [0.25, 0.3) is 5.91 Å². The quantitative estimate of drug-likeness (QED) is 0.145. The molecule has 0 radical (unpaired) electrons. The molecule has 1 spiro atoms. The lowest BCUT2D eigenvalue weighted by atomic mass is 9.82. The van der Waals surface area contributed by atoms with Gasteiger partial charge in [-0.3, -0.25) is 24.1 Å². The van der Waals surface area contributed by atoms with Gasteiger partial charge < -0.3 is 19.5 Å². The molecule has 2 bridgehead atoms. The van der Waals surface area contributed by atoms with Gasteiger partial charge in [0.15, 0.2) is 11.4 Å². The summed E-state index contributed by atoms with van der Waals surface area (Å²) >= 11 is 0. The van der Waals surface area contributed by atoms with Gasteiger partial charge in [0.05, 0.1) is 31.2 Å². The fourth-order valence-corrected chi connectivity index (χ4v) is 5.18. The van der Waals surface area contributed by atoms with E-state index in [0.717, 1.165) is 10.5 Å². The summed E-state index contributed by atoms with van der Waals surface area (Å²) in [5, 5.41) is 2.51. The van der Waals surface area contributed by atoms with Gasteiger partial charge in [-0.05, 0) is 26.0 Å². The number of likely N-dealkylation sites (tertiary alicyclic amines) is 1. The molecule has 8 atom stereocenters. The molecule has 4 aliphatic heterocycles. The predicted molar refractivity (Wildman–Crippen MR) is 126 cm³/mol. The molecule has 0 aromatic carbocycles. The second-order valence-electron chi connectivity index (χ2n) is 10.3. The fraction of sp³-hybridized carbons (Fsp3) is 0.615. The highest BCUT2D eigenvalue weighted by atomic mass is 16.8. The highest BCUT2D eigenvalue weighted by Gasteiger charge is 2.65. The first-order valence-corrected chi connectivity index (χ1v) is 12.1. The van der Waals surface area contributed by atoms with Crippen molar-refractivity contribution in [2.45, 2.75) is 70.7 Å². The van der Waals surface area contributed by atoms with Gasteiger partial charge in [-0.15, -0.1) is 0 Å². The van der Waals surface area contributed by atoms with E-state index in [4.69, 9.17) is 14.2 Å². The van der Waals surface area contributed by atoms with Gasteiger partial charge in [0.1, 0.15) is 6.04 Å². The molecule has 0 saturated carbocycles. The molecule has 190 valence electrons. The zero-order valence-corrected chi connectivity index (χ0v) is 21.1. The Morgan fingerprint density at radius 2 is 1.91 bits per heavy atom. The Morgan fingerprint density at radius 3 is 2.51 bits per heavy atom. The number of hydrogen-bond donors (Lipinski definition) is 1. The Balaban J connectivity index is 1.32. The number of amides is 3. The van der Waals surface area contributed by atoms with E-state index in [-0.39, 0.29) is 30.0 Å². The number of rotatable bonds is 7. The van der Waals surface area contributed by atoms with Crippen LogP contribution < -0.4 is 5.32 Å². The Labute approximate surface area is 205 Å². The number of fused-ring (bicyclic) bond motifs is 3. The zero-order valence-electron chi connectivity index (χ0n) is 21.1. The second-order valence-corrected chi connectivity index (χ2v) is 10.3. The summed E-state index contributed by atoms with van der Waals surface area (Å²) in [7, 11) is 1.38. The Morgan fingerprint density at radius 1 is 1.23 bits per heavy atom. The van der Waals surface area contributed by atoms with Crippen LogP contribution in [0.3, 0.4) is 0 Å². The monoisotopic (exact) mass is 486 g/mol. The van der Waals surface area contributed by atoms with Gasteiger partial charge in [-0.1, -0.05) is 44.6 Å². The number of carbonyl (C=O) groups is 4. The first-order valence-electron chi connectivity index (χ1n) is 12.1. The number of imide groups is 1. The van der Waals surface area contributed by atoms with E-state index in [0.29, 0.717) is 6.61 Å². The number of nitrogens with zero attached hydrogens (tertiary/aromatic N) is 1. The van der Waals surface area contributed by atoms with Crippen molar-refractivity contribution in [3.8, 4) is 0 Å². The summed E-state index contributed by atoms with van der Waals surface area (Å²) in [5.74, 6) is -3.09. The van der Waals surface area contributed by atoms with Crippen molar-refractivity contribution in [2.24, 2.45) is 17.8 Å². The summed E-state index contributed by atoms with van der Waals surface area (Å²) in [4.78, 5) is 49.5. The van der Waals surface area contributed by atoms with Gasteiger partial charge in [0.2, 0.25) is 17.6 Å². The third-order valence-electron chi connectivity index (χ3n) is 7.58. The number of epoxide rings is 1. The van der Waals surface area contributed by atoms with Gasteiger partial charge in [-0.25, -0.2) is 0 Å². The number of carbonyl (C=O) groups excluding carboxylic acids is 4. The molecular weight excluding hydrogens is 452 g/mol.